The van der Waals surface area contributed by atoms with Gasteiger partial charge in [-0.05, 0) is 28.7 Å². The molecule has 0 saturated heterocycles. The minimum Gasteiger partial charge on any atom is -0.272 e. The van der Waals surface area contributed by atoms with E-state index in [4.69, 9.17) is 0 Å². The average molecular weight is 147 g/mol. The van der Waals surface area contributed by atoms with Crippen LogP contribution >= 0.6 is 0 Å². The number of rotatable bonds is 0. The molecule has 0 aliphatic carbocycles. The Hall–Kier alpha value is -0.785. The molecule has 1 heterocycles. The van der Waals surface area contributed by atoms with Crippen molar-refractivity contribution < 1.29 is 0 Å². The molecule has 0 bridgehead atoms. The predicted molar refractivity (Wildman–Crippen MR) is 51.1 cm³/mol. The summed E-state index contributed by atoms with van der Waals surface area (Å²) >= 11 is 0. The van der Waals surface area contributed by atoms with E-state index in [2.05, 4.69) is 37.9 Å². The van der Waals surface area contributed by atoms with Gasteiger partial charge in [0.25, 0.3) is 0 Å². The highest BCUT2D eigenvalue weighted by Crippen LogP contribution is 2.19. The minimum absolute atomic E-state index is 0.244. The number of pyridine rings is 1. The van der Waals surface area contributed by atoms with Crippen molar-refractivity contribution in [1.29, 1.82) is 0 Å². The molecule has 0 unspecified atom stereocenters. The summed E-state index contributed by atoms with van der Waals surface area (Å²) in [6.07, 6.45) is 1.87. The van der Waals surface area contributed by atoms with Crippen LogP contribution in [0.15, 0.2) is 18.3 Å². The van der Waals surface area contributed by atoms with Gasteiger partial charge in [-0.15, -0.1) is 0 Å². The first kappa shape index (κ1) is 8.31. The largest absolute Gasteiger partial charge is 0.272 e. The van der Waals surface area contributed by atoms with Crippen molar-refractivity contribution in [3.05, 3.63) is 23.9 Å². The van der Waals surface area contributed by atoms with E-state index < -0.39 is 0 Å². The summed E-state index contributed by atoms with van der Waals surface area (Å²) < 4.78 is 0. The van der Waals surface area contributed by atoms with E-state index in [9.17, 15) is 0 Å². The molecule has 0 saturated carbocycles. The molecule has 1 aromatic rings. The number of hydrogen-bond donors (Lipinski definition) is 0. The Labute approximate surface area is 69.3 Å². The lowest BCUT2D eigenvalue weighted by Gasteiger charge is -2.18. The Bertz CT molecular complexity index is 250. The molecule has 0 fully saturated rings. The maximum absolute atomic E-state index is 4.15. The van der Waals surface area contributed by atoms with Gasteiger partial charge < -0.3 is 0 Å². The molecule has 0 aliphatic heterocycles. The van der Waals surface area contributed by atoms with Crippen molar-refractivity contribution in [1.82, 2.24) is 4.98 Å². The predicted octanol–water partition coefficient (Wildman–Crippen LogP) is 0.637. The van der Waals surface area contributed by atoms with Crippen molar-refractivity contribution in [3.8, 4) is 0 Å². The second-order valence-electron chi connectivity index (χ2n) is 3.94. The van der Waals surface area contributed by atoms with Crippen molar-refractivity contribution in [2.45, 2.75) is 26.2 Å². The first-order valence-corrected chi connectivity index (χ1v) is 3.93. The lowest BCUT2D eigenvalue weighted by molar-refractivity contribution is 0.590. The molecule has 0 aliphatic rings. The van der Waals surface area contributed by atoms with Crippen LogP contribution in [-0.4, -0.2) is 12.8 Å². The van der Waals surface area contributed by atoms with Gasteiger partial charge in [0.15, 0.2) is 7.85 Å². The van der Waals surface area contributed by atoms with Crippen molar-refractivity contribution in [2.75, 3.05) is 0 Å². The molecular weight excluding hydrogens is 133 g/mol. The third kappa shape index (κ3) is 2.07. The van der Waals surface area contributed by atoms with E-state index in [1.165, 1.54) is 5.56 Å². The lowest BCUT2D eigenvalue weighted by Crippen LogP contribution is -2.16. The van der Waals surface area contributed by atoms with E-state index in [0.29, 0.717) is 0 Å². The smallest absolute Gasteiger partial charge is 0.163 e. The van der Waals surface area contributed by atoms with Gasteiger partial charge in [-0.2, -0.15) is 0 Å². The molecule has 11 heavy (non-hydrogen) atoms. The quantitative estimate of drug-likeness (QED) is 0.490. The maximum Gasteiger partial charge on any atom is 0.163 e. The van der Waals surface area contributed by atoms with Crippen LogP contribution in [0.2, 0.25) is 0 Å². The van der Waals surface area contributed by atoms with Crippen LogP contribution in [-0.2, 0) is 5.41 Å². The van der Waals surface area contributed by atoms with Crippen molar-refractivity contribution >= 4 is 13.4 Å². The number of aromatic nitrogens is 1. The topological polar surface area (TPSA) is 12.9 Å². The molecule has 58 valence electrons. The fourth-order valence-corrected chi connectivity index (χ4v) is 1.01. The zero-order valence-electron chi connectivity index (χ0n) is 7.68. The van der Waals surface area contributed by atoms with Crippen LogP contribution < -0.4 is 5.59 Å². The van der Waals surface area contributed by atoms with Gasteiger partial charge in [0.1, 0.15) is 0 Å². The Morgan fingerprint density at radius 2 is 2.00 bits per heavy atom. The molecular formula is C9H14BN. The lowest BCUT2D eigenvalue weighted by atomic mass is 9.85. The summed E-state index contributed by atoms with van der Waals surface area (Å²) in [5, 5.41) is 0. The Morgan fingerprint density at radius 3 is 2.36 bits per heavy atom. The molecule has 2 heteroatoms. The summed E-state index contributed by atoms with van der Waals surface area (Å²) in [5.74, 6) is 0. The average Bonchev–Trinajstić information content (AvgIpc) is 1.86. The fourth-order valence-electron chi connectivity index (χ4n) is 1.01. The van der Waals surface area contributed by atoms with Crippen LogP contribution in [0.25, 0.3) is 0 Å². The molecule has 0 spiro atoms. The second-order valence-corrected chi connectivity index (χ2v) is 3.94. The molecule has 0 aromatic carbocycles. The van der Waals surface area contributed by atoms with Gasteiger partial charge >= 0.3 is 0 Å². The third-order valence-electron chi connectivity index (χ3n) is 1.76. The summed E-state index contributed by atoms with van der Waals surface area (Å²) in [4.78, 5) is 4.15. The van der Waals surface area contributed by atoms with Crippen LogP contribution in [0.4, 0.5) is 0 Å². The monoisotopic (exact) mass is 147 g/mol. The van der Waals surface area contributed by atoms with E-state index in [1.807, 2.05) is 14.0 Å². The summed E-state index contributed by atoms with van der Waals surface area (Å²) in [6.45, 7) is 6.63. The first-order valence-electron chi connectivity index (χ1n) is 3.93. The number of hydrogen-bond acceptors (Lipinski definition) is 1. The molecule has 1 nitrogen and oxygen atoms in total. The molecule has 0 N–H and O–H groups in total. The Balaban J connectivity index is 3.06. The summed E-state index contributed by atoms with van der Waals surface area (Å²) in [5.41, 5.74) is 2.69. The van der Waals surface area contributed by atoms with Crippen molar-refractivity contribution in [2.24, 2.45) is 0 Å². The SMILES string of the molecule is Bc1cc(C(C)(C)C)ccn1. The highest BCUT2D eigenvalue weighted by Gasteiger charge is 2.12. The zero-order valence-corrected chi connectivity index (χ0v) is 7.68. The Morgan fingerprint density at radius 1 is 1.36 bits per heavy atom. The standard InChI is InChI=1S/C9H14BN/c1-9(2,3)7-4-5-11-8(10)6-7/h4-6H,10H2,1-3H3. The van der Waals surface area contributed by atoms with E-state index >= 15 is 0 Å². The zero-order chi connectivity index (χ0) is 8.48. The van der Waals surface area contributed by atoms with Gasteiger partial charge in [0, 0.05) is 6.20 Å². The van der Waals surface area contributed by atoms with E-state index in [1.54, 1.807) is 0 Å². The normalized spacial score (nSPS) is 11.5. The Kier molecular flexibility index (Phi) is 2.03. The molecule has 1 aromatic heterocycles. The van der Waals surface area contributed by atoms with Crippen molar-refractivity contribution in [3.63, 3.8) is 0 Å². The highest BCUT2D eigenvalue weighted by atomic mass is 14.6. The molecule has 0 radical (unpaired) electrons. The molecule has 0 amide bonds. The second kappa shape index (κ2) is 2.69. The third-order valence-corrected chi connectivity index (χ3v) is 1.76. The summed E-state index contributed by atoms with van der Waals surface area (Å²) in [6, 6.07) is 4.22. The van der Waals surface area contributed by atoms with E-state index in [0.717, 1.165) is 5.59 Å². The molecule has 1 rings (SSSR count). The van der Waals surface area contributed by atoms with Gasteiger partial charge in [0.05, 0.1) is 0 Å². The van der Waals surface area contributed by atoms with Gasteiger partial charge in [-0.1, -0.05) is 20.8 Å². The van der Waals surface area contributed by atoms with Gasteiger partial charge in [0.2, 0.25) is 0 Å². The van der Waals surface area contributed by atoms with Gasteiger partial charge in [-0.25, -0.2) is 0 Å². The van der Waals surface area contributed by atoms with Crippen LogP contribution in [0.5, 0.6) is 0 Å². The highest BCUT2D eigenvalue weighted by molar-refractivity contribution is 6.30. The van der Waals surface area contributed by atoms with Crippen LogP contribution in [0.1, 0.15) is 26.3 Å². The van der Waals surface area contributed by atoms with Crippen LogP contribution in [0, 0.1) is 0 Å². The number of nitrogens with zero attached hydrogens (tertiary/aromatic N) is 1. The maximum atomic E-state index is 4.15. The van der Waals surface area contributed by atoms with E-state index in [-0.39, 0.29) is 5.41 Å². The summed E-state index contributed by atoms with van der Waals surface area (Å²) in [7, 11) is 2.02. The first-order chi connectivity index (χ1) is 5.00. The fraction of sp³-hybridized carbons (Fsp3) is 0.444. The minimum atomic E-state index is 0.244. The van der Waals surface area contributed by atoms with Crippen LogP contribution in [0.3, 0.4) is 0 Å². The molecule has 0 atom stereocenters. The van der Waals surface area contributed by atoms with Gasteiger partial charge in [-0.3, -0.25) is 4.98 Å².